The summed E-state index contributed by atoms with van der Waals surface area (Å²) in [5, 5.41) is 31.8. The van der Waals surface area contributed by atoms with Gasteiger partial charge in [0.25, 0.3) is 0 Å². The fourth-order valence-electron chi connectivity index (χ4n) is 7.01. The zero-order valence-corrected chi connectivity index (χ0v) is 14.2. The Kier molecular flexibility index (Phi) is 3.51. The highest BCUT2D eigenvalue weighted by atomic mass is 16.3. The van der Waals surface area contributed by atoms with Crippen molar-refractivity contribution in [3.05, 3.63) is 0 Å². The van der Waals surface area contributed by atoms with E-state index in [1.165, 1.54) is 0 Å². The molecule has 3 N–H and O–H groups in total. The molecule has 4 heteroatoms. The van der Waals surface area contributed by atoms with Crippen LogP contribution in [-0.4, -0.2) is 39.4 Å². The van der Waals surface area contributed by atoms with Crippen molar-refractivity contribution in [2.45, 2.75) is 77.1 Å². The third-order valence-corrected chi connectivity index (χ3v) is 8.43. The Morgan fingerprint density at radius 1 is 0.913 bits per heavy atom. The molecule has 0 aromatic heterocycles. The standard InChI is InChI=1S/C19H30O4/c1-18-7-5-10(20)9-13(18)16(22)17(23)15-11-3-4-14(21)19(11,2)8-6-12(15)18/h10-13,15-17,20,22-23H,3-9H2,1-2H3/t10-,11-,12-,13+,15-,16+,17+,18+,19-/m0/s1. The van der Waals surface area contributed by atoms with Crippen molar-refractivity contribution in [2.75, 3.05) is 0 Å². The second-order valence-corrected chi connectivity index (χ2v) is 9.23. The molecule has 4 nitrogen and oxygen atoms in total. The Morgan fingerprint density at radius 2 is 1.65 bits per heavy atom. The van der Waals surface area contributed by atoms with Crippen LogP contribution in [-0.2, 0) is 4.79 Å². The number of hydrogen-bond acceptors (Lipinski definition) is 4. The number of aliphatic hydroxyl groups is 3. The zero-order chi connectivity index (χ0) is 16.6. The van der Waals surface area contributed by atoms with Crippen LogP contribution in [0.15, 0.2) is 0 Å². The molecule has 130 valence electrons. The molecule has 0 aromatic rings. The maximum atomic E-state index is 12.4. The Morgan fingerprint density at radius 3 is 2.39 bits per heavy atom. The largest absolute Gasteiger partial charge is 0.393 e. The lowest BCUT2D eigenvalue weighted by molar-refractivity contribution is -0.219. The van der Waals surface area contributed by atoms with Crippen molar-refractivity contribution in [2.24, 2.45) is 34.5 Å². The minimum atomic E-state index is -0.769. The summed E-state index contributed by atoms with van der Waals surface area (Å²) in [6.07, 6.45) is 3.82. The van der Waals surface area contributed by atoms with Crippen LogP contribution < -0.4 is 0 Å². The number of fused-ring (bicyclic) bond motifs is 5. The van der Waals surface area contributed by atoms with E-state index in [4.69, 9.17) is 0 Å². The Hall–Kier alpha value is -0.450. The van der Waals surface area contributed by atoms with E-state index >= 15 is 0 Å². The predicted molar refractivity (Wildman–Crippen MR) is 85.5 cm³/mol. The van der Waals surface area contributed by atoms with E-state index < -0.39 is 12.2 Å². The van der Waals surface area contributed by atoms with E-state index in [1.54, 1.807) is 0 Å². The molecule has 0 amide bonds. The summed E-state index contributed by atoms with van der Waals surface area (Å²) in [5.41, 5.74) is -0.311. The quantitative estimate of drug-likeness (QED) is 0.636. The second-order valence-electron chi connectivity index (χ2n) is 9.23. The molecule has 0 saturated heterocycles. The molecule has 0 unspecified atom stereocenters. The normalized spacial score (nSPS) is 59.2. The molecule has 0 aliphatic heterocycles. The van der Waals surface area contributed by atoms with Crippen molar-refractivity contribution >= 4 is 5.78 Å². The third-order valence-electron chi connectivity index (χ3n) is 8.43. The van der Waals surface area contributed by atoms with Gasteiger partial charge >= 0.3 is 0 Å². The van der Waals surface area contributed by atoms with Gasteiger partial charge in [-0.25, -0.2) is 0 Å². The molecular weight excluding hydrogens is 292 g/mol. The van der Waals surface area contributed by atoms with Gasteiger partial charge in [-0.1, -0.05) is 13.8 Å². The molecule has 9 atom stereocenters. The van der Waals surface area contributed by atoms with E-state index in [1.807, 2.05) is 0 Å². The van der Waals surface area contributed by atoms with Crippen LogP contribution in [0.2, 0.25) is 0 Å². The van der Waals surface area contributed by atoms with Crippen LogP contribution in [0, 0.1) is 34.5 Å². The first kappa shape index (κ1) is 16.0. The zero-order valence-electron chi connectivity index (χ0n) is 14.2. The van der Waals surface area contributed by atoms with Crippen LogP contribution >= 0.6 is 0 Å². The number of rotatable bonds is 0. The highest BCUT2D eigenvalue weighted by molar-refractivity contribution is 5.87. The van der Waals surface area contributed by atoms with E-state index in [0.717, 1.165) is 32.1 Å². The van der Waals surface area contributed by atoms with Crippen molar-refractivity contribution in [1.29, 1.82) is 0 Å². The molecule has 0 bridgehead atoms. The summed E-state index contributed by atoms with van der Waals surface area (Å²) in [4.78, 5) is 12.4. The van der Waals surface area contributed by atoms with Crippen molar-refractivity contribution in [3.63, 3.8) is 0 Å². The number of Topliss-reactive ketones (excluding diaryl/α,β-unsaturated/α-hetero) is 1. The van der Waals surface area contributed by atoms with E-state index in [0.29, 0.717) is 24.5 Å². The van der Waals surface area contributed by atoms with Gasteiger partial charge in [-0.15, -0.1) is 0 Å². The van der Waals surface area contributed by atoms with Gasteiger partial charge in [0.15, 0.2) is 0 Å². The first-order valence-electron chi connectivity index (χ1n) is 9.36. The van der Waals surface area contributed by atoms with Gasteiger partial charge < -0.3 is 15.3 Å². The van der Waals surface area contributed by atoms with Gasteiger partial charge in [0, 0.05) is 11.8 Å². The lowest BCUT2D eigenvalue weighted by atomic mass is 9.44. The van der Waals surface area contributed by atoms with Crippen LogP contribution in [0.3, 0.4) is 0 Å². The summed E-state index contributed by atoms with van der Waals surface area (Å²) < 4.78 is 0. The molecule has 4 fully saturated rings. The highest BCUT2D eigenvalue weighted by Gasteiger charge is 2.64. The second kappa shape index (κ2) is 5.03. The monoisotopic (exact) mass is 322 g/mol. The first-order chi connectivity index (χ1) is 10.8. The summed E-state index contributed by atoms with van der Waals surface area (Å²) in [5.74, 6) is 0.940. The molecule has 0 heterocycles. The summed E-state index contributed by atoms with van der Waals surface area (Å²) in [6, 6.07) is 0. The Balaban J connectivity index is 1.73. The van der Waals surface area contributed by atoms with Gasteiger partial charge in [-0.05, 0) is 67.6 Å². The van der Waals surface area contributed by atoms with Crippen molar-refractivity contribution in [3.8, 4) is 0 Å². The molecule has 0 radical (unpaired) electrons. The van der Waals surface area contributed by atoms with E-state index in [2.05, 4.69) is 13.8 Å². The fourth-order valence-corrected chi connectivity index (χ4v) is 7.01. The highest BCUT2D eigenvalue weighted by Crippen LogP contribution is 2.65. The van der Waals surface area contributed by atoms with Gasteiger partial charge in [-0.3, -0.25) is 4.79 Å². The van der Waals surface area contributed by atoms with Crippen LogP contribution in [0.5, 0.6) is 0 Å². The molecule has 4 aliphatic carbocycles. The Bertz CT molecular complexity index is 519. The number of carbonyl (C=O) groups is 1. The predicted octanol–water partition coefficient (Wildman–Crippen LogP) is 1.90. The number of ketones is 1. The third kappa shape index (κ3) is 1.98. The fraction of sp³-hybridized carbons (Fsp3) is 0.947. The number of carbonyl (C=O) groups excluding carboxylic acids is 1. The molecule has 23 heavy (non-hydrogen) atoms. The van der Waals surface area contributed by atoms with Crippen molar-refractivity contribution in [1.82, 2.24) is 0 Å². The van der Waals surface area contributed by atoms with Crippen LogP contribution in [0.4, 0.5) is 0 Å². The Labute approximate surface area is 138 Å². The summed E-state index contributed by atoms with van der Waals surface area (Å²) in [7, 11) is 0. The topological polar surface area (TPSA) is 77.8 Å². The maximum absolute atomic E-state index is 12.4. The lowest BCUT2D eigenvalue weighted by Gasteiger charge is -2.62. The number of aliphatic hydroxyl groups excluding tert-OH is 3. The molecule has 4 aliphatic rings. The molecular formula is C19H30O4. The summed E-state index contributed by atoms with van der Waals surface area (Å²) in [6.45, 7) is 4.34. The minimum absolute atomic E-state index is 0.0183. The first-order valence-corrected chi connectivity index (χ1v) is 9.36. The molecule has 0 spiro atoms. The van der Waals surface area contributed by atoms with Gasteiger partial charge in [0.2, 0.25) is 0 Å². The van der Waals surface area contributed by atoms with Crippen LogP contribution in [0.25, 0.3) is 0 Å². The minimum Gasteiger partial charge on any atom is -0.393 e. The lowest BCUT2D eigenvalue weighted by Crippen LogP contribution is -2.64. The number of hydrogen-bond donors (Lipinski definition) is 3. The average Bonchev–Trinajstić information content (AvgIpc) is 2.82. The SMILES string of the molecule is C[C@]12CC[C@H](O)C[C@@H]1[C@@H](O)[C@H](O)[C@@H]1[C@@H]2CC[C@]2(C)C(=O)CC[C@@H]12. The average molecular weight is 322 g/mol. The molecule has 4 saturated carbocycles. The summed E-state index contributed by atoms with van der Waals surface area (Å²) >= 11 is 0. The maximum Gasteiger partial charge on any atom is 0.139 e. The molecule has 4 rings (SSSR count). The van der Waals surface area contributed by atoms with Gasteiger partial charge in [0.1, 0.15) is 5.78 Å². The van der Waals surface area contributed by atoms with Crippen molar-refractivity contribution < 1.29 is 20.1 Å². The smallest absolute Gasteiger partial charge is 0.139 e. The van der Waals surface area contributed by atoms with Gasteiger partial charge in [0.05, 0.1) is 18.3 Å². The van der Waals surface area contributed by atoms with E-state index in [-0.39, 0.29) is 34.7 Å². The molecule has 0 aromatic carbocycles. The van der Waals surface area contributed by atoms with Gasteiger partial charge in [-0.2, -0.15) is 0 Å². The van der Waals surface area contributed by atoms with Crippen LogP contribution in [0.1, 0.15) is 58.8 Å². The van der Waals surface area contributed by atoms with E-state index in [9.17, 15) is 20.1 Å².